The predicted molar refractivity (Wildman–Crippen MR) is 68.2 cm³/mol. The van der Waals surface area contributed by atoms with Crippen molar-refractivity contribution in [1.82, 2.24) is 5.32 Å². The normalized spacial score (nSPS) is 12.8. The van der Waals surface area contributed by atoms with E-state index in [1.54, 1.807) is 29.6 Å². The van der Waals surface area contributed by atoms with E-state index in [0.717, 1.165) is 5.56 Å². The number of benzene rings is 1. The fraction of sp³-hybridized carbons (Fsp3) is 0.462. The molecule has 0 saturated carbocycles. The van der Waals surface area contributed by atoms with E-state index in [0.29, 0.717) is 12.2 Å². The largest absolute Gasteiger partial charge is 0.483 e. The van der Waals surface area contributed by atoms with E-state index in [9.17, 15) is 18.0 Å². The maximum absolute atomic E-state index is 11.9. The lowest BCUT2D eigenvalue weighted by atomic mass is 10.0. The Morgan fingerprint density at radius 3 is 2.65 bits per heavy atom. The summed E-state index contributed by atoms with van der Waals surface area (Å²) in [6.45, 7) is 0.0479. The zero-order chi connectivity index (χ0) is 15.2. The molecule has 1 rings (SSSR count). The molecule has 1 atom stereocenters. The van der Waals surface area contributed by atoms with Gasteiger partial charge < -0.3 is 15.8 Å². The number of hydrogen-bond donors (Lipinski definition) is 2. The molecule has 1 aromatic rings. The van der Waals surface area contributed by atoms with Gasteiger partial charge in [0.1, 0.15) is 12.3 Å². The summed E-state index contributed by atoms with van der Waals surface area (Å²) in [5.41, 5.74) is 6.61. The molecule has 7 heteroatoms. The van der Waals surface area contributed by atoms with E-state index in [4.69, 9.17) is 10.5 Å². The molecule has 0 aliphatic carbocycles. The summed E-state index contributed by atoms with van der Waals surface area (Å²) in [6, 6.07) is 6.62. The van der Waals surface area contributed by atoms with Gasteiger partial charge in [-0.15, -0.1) is 0 Å². The van der Waals surface area contributed by atoms with Crippen molar-refractivity contribution in [2.75, 3.05) is 13.2 Å². The van der Waals surface area contributed by atoms with Gasteiger partial charge in [0, 0.05) is 11.6 Å². The number of carbonyl (C=O) groups is 1. The van der Waals surface area contributed by atoms with Gasteiger partial charge in [0.2, 0.25) is 0 Å². The second-order valence-electron chi connectivity index (χ2n) is 4.23. The number of ether oxygens (including phenoxy) is 1. The predicted octanol–water partition coefficient (Wildman–Crippen LogP) is 2.15. The first-order valence-corrected chi connectivity index (χ1v) is 6.14. The number of alkyl halides is 3. The molecule has 0 aromatic heterocycles. The third kappa shape index (κ3) is 5.48. The molecule has 1 aromatic carbocycles. The highest BCUT2D eigenvalue weighted by molar-refractivity contribution is 5.77. The Morgan fingerprint density at radius 1 is 1.40 bits per heavy atom. The molecule has 0 aliphatic rings. The lowest BCUT2D eigenvalue weighted by Crippen LogP contribution is -2.36. The Hall–Kier alpha value is -1.76. The minimum atomic E-state index is -4.43. The molecule has 112 valence electrons. The monoisotopic (exact) mass is 290 g/mol. The maximum atomic E-state index is 11.9. The number of para-hydroxylation sites is 1. The third-order valence-corrected chi connectivity index (χ3v) is 2.60. The molecule has 0 saturated heterocycles. The minimum Gasteiger partial charge on any atom is -0.483 e. The first kappa shape index (κ1) is 16.3. The zero-order valence-electron chi connectivity index (χ0n) is 11.0. The summed E-state index contributed by atoms with van der Waals surface area (Å²) in [7, 11) is 0. The van der Waals surface area contributed by atoms with Crippen molar-refractivity contribution in [3.63, 3.8) is 0 Å². The van der Waals surface area contributed by atoms with E-state index in [2.05, 4.69) is 0 Å². The second-order valence-corrected chi connectivity index (χ2v) is 4.23. The topological polar surface area (TPSA) is 64.3 Å². The molecular weight excluding hydrogens is 273 g/mol. The second kappa shape index (κ2) is 7.14. The van der Waals surface area contributed by atoms with Crippen LogP contribution >= 0.6 is 0 Å². The fourth-order valence-corrected chi connectivity index (χ4v) is 1.53. The molecule has 1 amide bonds. The number of nitrogens with one attached hydrogen (secondary N) is 1. The highest BCUT2D eigenvalue weighted by atomic mass is 19.4. The number of hydrogen-bond acceptors (Lipinski definition) is 3. The van der Waals surface area contributed by atoms with Crippen LogP contribution in [-0.2, 0) is 4.79 Å². The van der Waals surface area contributed by atoms with Crippen LogP contribution in [0.1, 0.15) is 24.9 Å². The SMILES string of the molecule is CC[C@H](N)c1ccccc1OCC(=O)NCC(F)(F)F. The van der Waals surface area contributed by atoms with Crippen LogP contribution in [0.4, 0.5) is 13.2 Å². The molecule has 0 fully saturated rings. The first-order chi connectivity index (χ1) is 9.33. The standard InChI is InChI=1S/C13H17F3N2O2/c1-2-10(17)9-5-3-4-6-11(9)20-7-12(19)18-8-13(14,15)16/h3-6,10H,2,7-8,17H2,1H3,(H,18,19)/t10-/m0/s1. The van der Waals surface area contributed by atoms with Gasteiger partial charge in [-0.1, -0.05) is 25.1 Å². The van der Waals surface area contributed by atoms with Crippen LogP contribution in [0.5, 0.6) is 5.75 Å². The molecule has 0 bridgehead atoms. The van der Waals surface area contributed by atoms with Crippen LogP contribution in [0.15, 0.2) is 24.3 Å². The van der Waals surface area contributed by atoms with Gasteiger partial charge >= 0.3 is 6.18 Å². The molecule has 0 aliphatic heterocycles. The molecule has 0 radical (unpaired) electrons. The van der Waals surface area contributed by atoms with Gasteiger partial charge in [0.05, 0.1) is 0 Å². The Kier molecular flexibility index (Phi) is 5.82. The molecule has 0 heterocycles. The van der Waals surface area contributed by atoms with Gasteiger partial charge in [0.25, 0.3) is 5.91 Å². The third-order valence-electron chi connectivity index (χ3n) is 2.60. The van der Waals surface area contributed by atoms with E-state index >= 15 is 0 Å². The lowest BCUT2D eigenvalue weighted by Gasteiger charge is -2.15. The number of rotatable bonds is 6. The van der Waals surface area contributed by atoms with Crippen molar-refractivity contribution in [1.29, 1.82) is 0 Å². The molecule has 0 unspecified atom stereocenters. The van der Waals surface area contributed by atoms with Crippen molar-refractivity contribution in [3.8, 4) is 5.75 Å². The van der Waals surface area contributed by atoms with Crippen molar-refractivity contribution >= 4 is 5.91 Å². The summed E-state index contributed by atoms with van der Waals surface area (Å²) >= 11 is 0. The zero-order valence-corrected chi connectivity index (χ0v) is 11.0. The molecule has 20 heavy (non-hydrogen) atoms. The Morgan fingerprint density at radius 2 is 2.05 bits per heavy atom. The van der Waals surface area contributed by atoms with Gasteiger partial charge in [0.15, 0.2) is 6.61 Å². The van der Waals surface area contributed by atoms with Crippen LogP contribution in [0.2, 0.25) is 0 Å². The van der Waals surface area contributed by atoms with Crippen LogP contribution in [-0.4, -0.2) is 25.2 Å². The van der Waals surface area contributed by atoms with Gasteiger partial charge in [-0.25, -0.2) is 0 Å². The lowest BCUT2D eigenvalue weighted by molar-refractivity contribution is -0.139. The summed E-state index contributed by atoms with van der Waals surface area (Å²) in [5.74, 6) is -0.425. The van der Waals surface area contributed by atoms with Crippen molar-refractivity contribution < 1.29 is 22.7 Å². The average molecular weight is 290 g/mol. The molecule has 3 N–H and O–H groups in total. The first-order valence-electron chi connectivity index (χ1n) is 6.14. The van der Waals surface area contributed by atoms with Crippen LogP contribution in [0.3, 0.4) is 0 Å². The molecule has 4 nitrogen and oxygen atoms in total. The quantitative estimate of drug-likeness (QED) is 0.843. The van der Waals surface area contributed by atoms with Crippen LogP contribution < -0.4 is 15.8 Å². The minimum absolute atomic E-state index is 0.246. The Bertz CT molecular complexity index is 449. The van der Waals surface area contributed by atoms with E-state index < -0.39 is 25.2 Å². The molecular formula is C13H17F3N2O2. The summed E-state index contributed by atoms with van der Waals surface area (Å²) in [5, 5.41) is 1.74. The summed E-state index contributed by atoms with van der Waals surface area (Å²) in [6.07, 6.45) is -3.75. The summed E-state index contributed by atoms with van der Waals surface area (Å²) < 4.78 is 41.0. The van der Waals surface area contributed by atoms with E-state index in [-0.39, 0.29) is 6.04 Å². The molecule has 0 spiro atoms. The number of carbonyl (C=O) groups excluding carboxylic acids is 1. The number of halogens is 3. The van der Waals surface area contributed by atoms with Gasteiger partial charge in [-0.3, -0.25) is 4.79 Å². The smallest absolute Gasteiger partial charge is 0.405 e. The van der Waals surface area contributed by atoms with Crippen molar-refractivity contribution in [2.45, 2.75) is 25.6 Å². The van der Waals surface area contributed by atoms with E-state index in [1.807, 2.05) is 6.92 Å². The highest BCUT2D eigenvalue weighted by Crippen LogP contribution is 2.25. The van der Waals surface area contributed by atoms with Gasteiger partial charge in [-0.05, 0) is 12.5 Å². The maximum Gasteiger partial charge on any atom is 0.405 e. The van der Waals surface area contributed by atoms with Crippen molar-refractivity contribution in [2.24, 2.45) is 5.73 Å². The van der Waals surface area contributed by atoms with Crippen molar-refractivity contribution in [3.05, 3.63) is 29.8 Å². The van der Waals surface area contributed by atoms with Gasteiger partial charge in [-0.2, -0.15) is 13.2 Å². The summed E-state index contributed by atoms with van der Waals surface area (Å²) in [4.78, 5) is 11.2. The van der Waals surface area contributed by atoms with Crippen LogP contribution in [0.25, 0.3) is 0 Å². The number of amides is 1. The number of nitrogens with two attached hydrogens (primary N) is 1. The Labute approximate surface area is 115 Å². The van der Waals surface area contributed by atoms with E-state index in [1.165, 1.54) is 0 Å². The average Bonchev–Trinajstić information content (AvgIpc) is 2.41. The highest BCUT2D eigenvalue weighted by Gasteiger charge is 2.27. The fourth-order valence-electron chi connectivity index (χ4n) is 1.53. The van der Waals surface area contributed by atoms with Crippen LogP contribution in [0, 0.1) is 0 Å². The Balaban J connectivity index is 2.55.